The van der Waals surface area contributed by atoms with Crippen LogP contribution < -0.4 is 9.47 Å². The minimum atomic E-state index is -0.526. The molecule has 0 spiro atoms. The molecule has 0 unspecified atom stereocenters. The fourth-order valence-corrected chi connectivity index (χ4v) is 4.05. The largest absolute Gasteiger partial charge is 0.497 e. The molecule has 0 saturated heterocycles. The SMILES string of the molecule is COc1ccc2c(c1)[C@H](c1nnnn1CCc1ccccc1)N(Cc1ccccc1)C(=O)O2. The smallest absolute Gasteiger partial charge is 0.416 e. The van der Waals surface area contributed by atoms with E-state index < -0.39 is 12.1 Å². The summed E-state index contributed by atoms with van der Waals surface area (Å²) in [5.41, 5.74) is 2.94. The van der Waals surface area contributed by atoms with Gasteiger partial charge in [0.05, 0.1) is 13.7 Å². The van der Waals surface area contributed by atoms with Gasteiger partial charge in [-0.1, -0.05) is 60.7 Å². The highest BCUT2D eigenvalue weighted by Gasteiger charge is 2.39. The average Bonchev–Trinajstić information content (AvgIpc) is 3.32. The molecule has 3 aromatic carbocycles. The molecule has 0 N–H and O–H groups in total. The third kappa shape index (κ3) is 4.27. The molecular weight excluding hydrogens is 418 g/mol. The van der Waals surface area contributed by atoms with Gasteiger partial charge in [0.2, 0.25) is 0 Å². The van der Waals surface area contributed by atoms with Crippen LogP contribution in [0.15, 0.2) is 78.9 Å². The van der Waals surface area contributed by atoms with Crippen LogP contribution in [0.2, 0.25) is 0 Å². The van der Waals surface area contributed by atoms with Crippen molar-refractivity contribution in [3.8, 4) is 11.5 Å². The maximum absolute atomic E-state index is 13.1. The fourth-order valence-electron chi connectivity index (χ4n) is 4.05. The Labute approximate surface area is 191 Å². The van der Waals surface area contributed by atoms with Crippen LogP contribution in [0.1, 0.15) is 28.6 Å². The Balaban J connectivity index is 1.55. The van der Waals surface area contributed by atoms with Crippen LogP contribution in [0.4, 0.5) is 4.79 Å². The first-order valence-corrected chi connectivity index (χ1v) is 10.7. The van der Waals surface area contributed by atoms with Gasteiger partial charge in [-0.05, 0) is 46.2 Å². The number of amides is 1. The summed E-state index contributed by atoms with van der Waals surface area (Å²) in [5, 5.41) is 12.5. The van der Waals surface area contributed by atoms with E-state index >= 15 is 0 Å². The van der Waals surface area contributed by atoms with Gasteiger partial charge in [-0.25, -0.2) is 9.48 Å². The van der Waals surface area contributed by atoms with Crippen molar-refractivity contribution >= 4 is 6.09 Å². The molecule has 0 bridgehead atoms. The topological polar surface area (TPSA) is 82.4 Å². The molecular formula is C25H23N5O3. The maximum atomic E-state index is 13.1. The third-order valence-electron chi connectivity index (χ3n) is 5.71. The molecule has 1 amide bonds. The van der Waals surface area contributed by atoms with E-state index in [1.165, 1.54) is 5.56 Å². The molecule has 0 saturated carbocycles. The number of carbonyl (C=O) groups excluding carboxylic acids is 1. The van der Waals surface area contributed by atoms with Gasteiger partial charge >= 0.3 is 6.09 Å². The first kappa shape index (κ1) is 20.7. The number of hydrogen-bond donors (Lipinski definition) is 0. The predicted molar refractivity (Wildman–Crippen MR) is 121 cm³/mol. The summed E-state index contributed by atoms with van der Waals surface area (Å²) in [5.74, 6) is 1.72. The number of benzene rings is 3. The molecule has 8 nitrogen and oxygen atoms in total. The standard InChI is InChI=1S/C25H23N5O3/c1-32-20-12-13-22-21(16-20)23(29(25(31)33-22)17-19-10-6-3-7-11-19)24-26-27-28-30(24)15-14-18-8-4-2-5-9-18/h2-13,16,23H,14-15,17H2,1H3/t23-/m1/s1. The number of tetrazole rings is 1. The molecule has 1 aliphatic rings. The summed E-state index contributed by atoms with van der Waals surface area (Å²) in [6.45, 7) is 0.933. The molecule has 166 valence electrons. The first-order valence-electron chi connectivity index (χ1n) is 10.7. The first-order chi connectivity index (χ1) is 16.2. The lowest BCUT2D eigenvalue weighted by Crippen LogP contribution is -2.42. The molecule has 8 heteroatoms. The van der Waals surface area contributed by atoms with E-state index in [9.17, 15) is 4.79 Å². The Bertz CT molecular complexity index is 1240. The van der Waals surface area contributed by atoms with Crippen LogP contribution in [0.25, 0.3) is 0 Å². The van der Waals surface area contributed by atoms with Crippen LogP contribution in [0, 0.1) is 0 Å². The van der Waals surface area contributed by atoms with E-state index in [-0.39, 0.29) is 0 Å². The summed E-state index contributed by atoms with van der Waals surface area (Å²) in [6.07, 6.45) is 0.318. The maximum Gasteiger partial charge on any atom is 0.416 e. The van der Waals surface area contributed by atoms with Crippen LogP contribution in [-0.2, 0) is 19.5 Å². The van der Waals surface area contributed by atoms with Crippen molar-refractivity contribution in [2.75, 3.05) is 7.11 Å². The van der Waals surface area contributed by atoms with Crippen LogP contribution in [0.3, 0.4) is 0 Å². The number of hydrogen-bond acceptors (Lipinski definition) is 6. The minimum Gasteiger partial charge on any atom is -0.497 e. The van der Waals surface area contributed by atoms with Crippen molar-refractivity contribution in [1.82, 2.24) is 25.1 Å². The number of nitrogens with zero attached hydrogens (tertiary/aromatic N) is 5. The zero-order valence-corrected chi connectivity index (χ0v) is 18.2. The quantitative estimate of drug-likeness (QED) is 0.431. The van der Waals surface area contributed by atoms with Gasteiger partial charge in [-0.15, -0.1) is 5.10 Å². The Kier molecular flexibility index (Phi) is 5.72. The fraction of sp³-hybridized carbons (Fsp3) is 0.200. The van der Waals surface area contributed by atoms with Crippen molar-refractivity contribution in [1.29, 1.82) is 0 Å². The van der Waals surface area contributed by atoms with Crippen LogP contribution in [-0.4, -0.2) is 38.3 Å². The Morgan fingerprint density at radius 1 is 0.970 bits per heavy atom. The van der Waals surface area contributed by atoms with Gasteiger partial charge in [0.1, 0.15) is 17.5 Å². The summed E-state index contributed by atoms with van der Waals surface area (Å²) in [4.78, 5) is 14.8. The Morgan fingerprint density at radius 2 is 1.70 bits per heavy atom. The van der Waals surface area contributed by atoms with E-state index in [4.69, 9.17) is 9.47 Å². The summed E-state index contributed by atoms with van der Waals surface area (Å²) in [6, 6.07) is 24.8. The molecule has 0 radical (unpaired) electrons. The van der Waals surface area contributed by atoms with E-state index in [1.54, 1.807) is 28.8 Å². The van der Waals surface area contributed by atoms with Crippen LogP contribution >= 0.6 is 0 Å². The van der Waals surface area contributed by atoms with Crippen molar-refractivity contribution in [2.24, 2.45) is 0 Å². The number of carbonyl (C=O) groups is 1. The molecule has 1 atom stereocenters. The average molecular weight is 441 g/mol. The molecule has 1 aromatic heterocycles. The summed E-state index contributed by atoms with van der Waals surface area (Å²) < 4.78 is 12.9. The van der Waals surface area contributed by atoms with Crippen molar-refractivity contribution in [3.63, 3.8) is 0 Å². The molecule has 5 rings (SSSR count). The molecule has 4 aromatic rings. The van der Waals surface area contributed by atoms with Gasteiger partial charge in [0, 0.05) is 12.1 Å². The highest BCUT2D eigenvalue weighted by atomic mass is 16.6. The third-order valence-corrected chi connectivity index (χ3v) is 5.71. The summed E-state index contributed by atoms with van der Waals surface area (Å²) in [7, 11) is 1.61. The lowest BCUT2D eigenvalue weighted by Gasteiger charge is -2.35. The van der Waals surface area contributed by atoms with E-state index in [1.807, 2.05) is 54.6 Å². The lowest BCUT2D eigenvalue weighted by atomic mass is 10.0. The second kappa shape index (κ2) is 9.12. The van der Waals surface area contributed by atoms with Gasteiger partial charge in [0.15, 0.2) is 5.82 Å². The normalized spacial score (nSPS) is 15.1. The Morgan fingerprint density at radius 3 is 2.42 bits per heavy atom. The second-order valence-electron chi connectivity index (χ2n) is 7.78. The molecule has 0 aliphatic carbocycles. The molecule has 1 aliphatic heterocycles. The second-order valence-corrected chi connectivity index (χ2v) is 7.78. The number of rotatable bonds is 7. The number of fused-ring (bicyclic) bond motifs is 1. The van der Waals surface area contributed by atoms with E-state index in [0.29, 0.717) is 30.4 Å². The van der Waals surface area contributed by atoms with Gasteiger partial charge < -0.3 is 9.47 Å². The zero-order valence-electron chi connectivity index (χ0n) is 18.2. The number of methoxy groups -OCH3 is 1. The molecule has 0 fully saturated rings. The highest BCUT2D eigenvalue weighted by Crippen LogP contribution is 2.41. The molecule has 33 heavy (non-hydrogen) atoms. The number of aryl methyl sites for hydroxylation is 2. The van der Waals surface area contributed by atoms with Crippen molar-refractivity contribution in [3.05, 3.63) is 101 Å². The van der Waals surface area contributed by atoms with E-state index in [0.717, 1.165) is 17.5 Å². The monoisotopic (exact) mass is 441 g/mol. The Hall–Kier alpha value is -4.20. The minimum absolute atomic E-state index is 0.354. The van der Waals surface area contributed by atoms with Crippen LogP contribution in [0.5, 0.6) is 11.5 Å². The number of ether oxygens (including phenoxy) is 2. The van der Waals surface area contributed by atoms with E-state index in [2.05, 4.69) is 27.7 Å². The predicted octanol–water partition coefficient (Wildman–Crippen LogP) is 4.03. The van der Waals surface area contributed by atoms with Gasteiger partial charge in [-0.3, -0.25) is 4.90 Å². The van der Waals surface area contributed by atoms with Crippen molar-refractivity contribution < 1.29 is 14.3 Å². The number of aromatic nitrogens is 4. The zero-order chi connectivity index (χ0) is 22.6. The molecule has 2 heterocycles. The summed E-state index contributed by atoms with van der Waals surface area (Å²) >= 11 is 0. The van der Waals surface area contributed by atoms with Crippen molar-refractivity contribution in [2.45, 2.75) is 25.6 Å². The van der Waals surface area contributed by atoms with Gasteiger partial charge in [0.25, 0.3) is 0 Å². The highest BCUT2D eigenvalue weighted by molar-refractivity contribution is 5.75. The van der Waals surface area contributed by atoms with Gasteiger partial charge in [-0.2, -0.15) is 0 Å². The lowest BCUT2D eigenvalue weighted by molar-refractivity contribution is 0.118.